The maximum absolute atomic E-state index is 10.4. The molecule has 0 aliphatic carbocycles. The summed E-state index contributed by atoms with van der Waals surface area (Å²) in [5.41, 5.74) is 0. The number of carboxylic acids is 1. The van der Waals surface area contributed by atoms with Gasteiger partial charge in [0.15, 0.2) is 0 Å². The molecule has 0 aliphatic heterocycles. The lowest BCUT2D eigenvalue weighted by molar-refractivity contribution is -0.136. The number of hydrogen-bond donors (Lipinski definition) is 1. The van der Waals surface area contributed by atoms with Crippen LogP contribution < -0.4 is 0 Å². The molecule has 1 unspecified atom stereocenters. The molecular formula is C12H23ClO2. The molecule has 1 atom stereocenters. The van der Waals surface area contributed by atoms with Gasteiger partial charge in [-0.05, 0) is 6.42 Å². The summed E-state index contributed by atoms with van der Waals surface area (Å²) in [6, 6.07) is 0. The van der Waals surface area contributed by atoms with Crippen LogP contribution in [0.3, 0.4) is 0 Å². The Morgan fingerprint density at radius 1 is 1.07 bits per heavy atom. The van der Waals surface area contributed by atoms with E-state index in [1.165, 1.54) is 38.5 Å². The Balaban J connectivity index is 3.08. The van der Waals surface area contributed by atoms with E-state index in [0.29, 0.717) is 6.42 Å². The first kappa shape index (κ1) is 14.8. The standard InChI is InChI=1S/C12H23ClO2/c1-2-3-4-5-6-7-8-9-10-11(13)12(14)15/h11H,2-10H2,1H3,(H,14,15). The highest BCUT2D eigenvalue weighted by Crippen LogP contribution is 2.12. The van der Waals surface area contributed by atoms with Gasteiger partial charge in [-0.3, -0.25) is 4.79 Å². The first-order valence-corrected chi connectivity index (χ1v) is 6.49. The fourth-order valence-electron chi connectivity index (χ4n) is 1.58. The maximum atomic E-state index is 10.4. The zero-order chi connectivity index (χ0) is 11.5. The molecule has 2 nitrogen and oxygen atoms in total. The van der Waals surface area contributed by atoms with E-state index in [-0.39, 0.29) is 0 Å². The number of rotatable bonds is 10. The fourth-order valence-corrected chi connectivity index (χ4v) is 1.74. The SMILES string of the molecule is CCCCCCCCCCC(Cl)C(=O)O. The molecule has 0 fully saturated rings. The van der Waals surface area contributed by atoms with E-state index < -0.39 is 11.3 Å². The fraction of sp³-hybridized carbons (Fsp3) is 0.917. The van der Waals surface area contributed by atoms with Crippen molar-refractivity contribution < 1.29 is 9.90 Å². The largest absolute Gasteiger partial charge is 0.480 e. The zero-order valence-electron chi connectivity index (χ0n) is 9.67. The monoisotopic (exact) mass is 234 g/mol. The number of aliphatic carboxylic acids is 1. The van der Waals surface area contributed by atoms with Crippen molar-refractivity contribution >= 4 is 17.6 Å². The summed E-state index contributed by atoms with van der Waals surface area (Å²) in [6.45, 7) is 2.21. The molecule has 1 N–H and O–H groups in total. The molecule has 0 rings (SSSR count). The molecule has 0 saturated carbocycles. The quantitative estimate of drug-likeness (QED) is 0.454. The number of carbonyl (C=O) groups is 1. The minimum atomic E-state index is -0.889. The second-order valence-corrected chi connectivity index (χ2v) is 4.60. The van der Waals surface area contributed by atoms with Crippen LogP contribution in [0.1, 0.15) is 64.7 Å². The summed E-state index contributed by atoms with van der Waals surface area (Å²) >= 11 is 5.60. The summed E-state index contributed by atoms with van der Waals surface area (Å²) < 4.78 is 0. The molecule has 0 bridgehead atoms. The number of hydrogen-bond acceptors (Lipinski definition) is 1. The molecule has 15 heavy (non-hydrogen) atoms. The van der Waals surface area contributed by atoms with Gasteiger partial charge >= 0.3 is 5.97 Å². The molecule has 0 radical (unpaired) electrons. The lowest BCUT2D eigenvalue weighted by Crippen LogP contribution is -2.12. The van der Waals surface area contributed by atoms with Gasteiger partial charge in [-0.1, -0.05) is 58.3 Å². The van der Waals surface area contributed by atoms with Crippen LogP contribution in [0.25, 0.3) is 0 Å². The third kappa shape index (κ3) is 10.1. The lowest BCUT2D eigenvalue weighted by Gasteiger charge is -2.03. The summed E-state index contributed by atoms with van der Waals surface area (Å²) in [6.07, 6.45) is 10.4. The van der Waals surface area contributed by atoms with E-state index >= 15 is 0 Å². The van der Waals surface area contributed by atoms with Gasteiger partial charge in [0.05, 0.1) is 0 Å². The molecule has 3 heteroatoms. The predicted octanol–water partition coefficient (Wildman–Crippen LogP) is 4.21. The van der Waals surface area contributed by atoms with E-state index in [2.05, 4.69) is 6.92 Å². The first-order valence-electron chi connectivity index (χ1n) is 6.05. The van der Waals surface area contributed by atoms with Gasteiger partial charge in [0.1, 0.15) is 5.38 Å². The van der Waals surface area contributed by atoms with Gasteiger partial charge in [-0.25, -0.2) is 0 Å². The van der Waals surface area contributed by atoms with Crippen LogP contribution in [-0.4, -0.2) is 16.5 Å². The Hall–Kier alpha value is -0.240. The predicted molar refractivity (Wildman–Crippen MR) is 64.5 cm³/mol. The van der Waals surface area contributed by atoms with Crippen LogP contribution in [0.4, 0.5) is 0 Å². The minimum absolute atomic E-state index is 0.603. The van der Waals surface area contributed by atoms with Crippen LogP contribution in [0.15, 0.2) is 0 Å². The molecule has 0 amide bonds. The number of carboxylic acid groups (broad SMARTS) is 1. The van der Waals surface area contributed by atoms with Crippen molar-refractivity contribution in [2.24, 2.45) is 0 Å². The third-order valence-electron chi connectivity index (χ3n) is 2.58. The molecule has 0 aromatic carbocycles. The van der Waals surface area contributed by atoms with E-state index in [1.807, 2.05) is 0 Å². The number of alkyl halides is 1. The van der Waals surface area contributed by atoms with Crippen molar-refractivity contribution in [3.05, 3.63) is 0 Å². The molecule has 0 spiro atoms. The minimum Gasteiger partial charge on any atom is -0.480 e. The Labute approximate surface area is 98.0 Å². The summed E-state index contributed by atoms with van der Waals surface area (Å²) in [7, 11) is 0. The van der Waals surface area contributed by atoms with Gasteiger partial charge in [0.25, 0.3) is 0 Å². The number of halogens is 1. The molecule has 0 heterocycles. The smallest absolute Gasteiger partial charge is 0.321 e. The zero-order valence-corrected chi connectivity index (χ0v) is 10.4. The van der Waals surface area contributed by atoms with Crippen LogP contribution in [0, 0.1) is 0 Å². The average molecular weight is 235 g/mol. The molecule has 90 valence electrons. The second-order valence-electron chi connectivity index (χ2n) is 4.07. The van der Waals surface area contributed by atoms with Crippen LogP contribution in [0.5, 0.6) is 0 Å². The van der Waals surface area contributed by atoms with Crippen LogP contribution in [-0.2, 0) is 4.79 Å². The number of unbranched alkanes of at least 4 members (excludes halogenated alkanes) is 7. The Kier molecular flexibility index (Phi) is 10.1. The van der Waals surface area contributed by atoms with Crippen LogP contribution in [0.2, 0.25) is 0 Å². The highest BCUT2D eigenvalue weighted by Gasteiger charge is 2.11. The summed E-state index contributed by atoms with van der Waals surface area (Å²) in [5.74, 6) is -0.889. The molecule has 0 aromatic rings. The van der Waals surface area contributed by atoms with Crippen LogP contribution >= 0.6 is 11.6 Å². The Morgan fingerprint density at radius 2 is 1.53 bits per heavy atom. The maximum Gasteiger partial charge on any atom is 0.321 e. The molecular weight excluding hydrogens is 212 g/mol. The van der Waals surface area contributed by atoms with E-state index in [0.717, 1.165) is 12.8 Å². The lowest BCUT2D eigenvalue weighted by atomic mass is 10.1. The molecule has 0 aromatic heterocycles. The van der Waals surface area contributed by atoms with Gasteiger partial charge in [0, 0.05) is 0 Å². The van der Waals surface area contributed by atoms with Gasteiger partial charge < -0.3 is 5.11 Å². The van der Waals surface area contributed by atoms with E-state index in [1.54, 1.807) is 0 Å². The Bertz CT molecular complexity index is 160. The van der Waals surface area contributed by atoms with Crippen molar-refractivity contribution in [1.29, 1.82) is 0 Å². The van der Waals surface area contributed by atoms with E-state index in [9.17, 15) is 4.79 Å². The normalized spacial score (nSPS) is 12.7. The van der Waals surface area contributed by atoms with Crippen molar-refractivity contribution in [1.82, 2.24) is 0 Å². The van der Waals surface area contributed by atoms with Gasteiger partial charge in [-0.15, -0.1) is 11.6 Å². The second kappa shape index (κ2) is 10.3. The van der Waals surface area contributed by atoms with E-state index in [4.69, 9.17) is 16.7 Å². The van der Waals surface area contributed by atoms with Crippen molar-refractivity contribution in [2.75, 3.05) is 0 Å². The topological polar surface area (TPSA) is 37.3 Å². The van der Waals surface area contributed by atoms with Crippen molar-refractivity contribution in [3.63, 3.8) is 0 Å². The summed E-state index contributed by atoms with van der Waals surface area (Å²) in [4.78, 5) is 10.4. The third-order valence-corrected chi connectivity index (χ3v) is 2.98. The average Bonchev–Trinajstić information content (AvgIpc) is 2.21. The van der Waals surface area contributed by atoms with Crippen molar-refractivity contribution in [3.8, 4) is 0 Å². The van der Waals surface area contributed by atoms with Gasteiger partial charge in [0.2, 0.25) is 0 Å². The summed E-state index contributed by atoms with van der Waals surface area (Å²) in [5, 5.41) is 7.86. The van der Waals surface area contributed by atoms with Crippen molar-refractivity contribution in [2.45, 2.75) is 70.1 Å². The van der Waals surface area contributed by atoms with Gasteiger partial charge in [-0.2, -0.15) is 0 Å². The molecule has 0 saturated heterocycles. The highest BCUT2D eigenvalue weighted by molar-refractivity contribution is 6.29. The molecule has 0 aliphatic rings. The first-order chi connectivity index (χ1) is 7.18. The highest BCUT2D eigenvalue weighted by atomic mass is 35.5. The Morgan fingerprint density at radius 3 is 2.00 bits per heavy atom.